The molecular formula is C27H56O3Si2. The van der Waals surface area contributed by atoms with Crippen LogP contribution in [0.4, 0.5) is 0 Å². The summed E-state index contributed by atoms with van der Waals surface area (Å²) >= 11 is 0. The van der Waals surface area contributed by atoms with Crippen molar-refractivity contribution in [2.24, 2.45) is 0 Å². The van der Waals surface area contributed by atoms with Crippen molar-refractivity contribution in [2.45, 2.75) is 136 Å². The predicted molar refractivity (Wildman–Crippen MR) is 146 cm³/mol. The van der Waals surface area contributed by atoms with Crippen molar-refractivity contribution in [1.82, 2.24) is 0 Å². The molecule has 0 fully saturated rings. The van der Waals surface area contributed by atoms with Crippen LogP contribution in [0.15, 0.2) is 24.6 Å². The summed E-state index contributed by atoms with van der Waals surface area (Å²) in [5.74, 6) is 0. The van der Waals surface area contributed by atoms with Crippen LogP contribution in [0.3, 0.4) is 0 Å². The maximum Gasteiger partial charge on any atom is 0.352 e. The van der Waals surface area contributed by atoms with E-state index in [-0.39, 0.29) is 0 Å². The lowest BCUT2D eigenvalue weighted by Gasteiger charge is -2.33. The van der Waals surface area contributed by atoms with Crippen LogP contribution in [0, 0.1) is 0 Å². The molecule has 2 unspecified atom stereocenters. The van der Waals surface area contributed by atoms with Gasteiger partial charge in [0.25, 0.3) is 0 Å². The van der Waals surface area contributed by atoms with Gasteiger partial charge in [0.05, 0.1) is 0 Å². The highest BCUT2D eigenvalue weighted by molar-refractivity contribution is 6.84. The fourth-order valence-electron chi connectivity index (χ4n) is 3.86. The third-order valence-corrected chi connectivity index (χ3v) is 12.5. The quantitative estimate of drug-likeness (QED) is 0.0954. The lowest BCUT2D eigenvalue weighted by molar-refractivity contribution is 0.197. The van der Waals surface area contributed by atoms with E-state index in [2.05, 4.69) is 40.1 Å². The Morgan fingerprint density at radius 2 is 0.781 bits per heavy atom. The highest BCUT2D eigenvalue weighted by atomic mass is 28.5. The summed E-state index contributed by atoms with van der Waals surface area (Å²) in [4.78, 5) is 0. The number of hydrogen-bond acceptors (Lipinski definition) is 3. The molecule has 0 aromatic heterocycles. The Hall–Kier alpha value is -0.206. The molecule has 32 heavy (non-hydrogen) atoms. The summed E-state index contributed by atoms with van der Waals surface area (Å²) in [7, 11) is -4.83. The van der Waals surface area contributed by atoms with Gasteiger partial charge in [0.1, 0.15) is 0 Å². The number of unbranched alkanes of at least 4 members (excludes halogenated alkanes) is 15. The van der Waals surface area contributed by atoms with Crippen molar-refractivity contribution < 1.29 is 13.0 Å². The van der Waals surface area contributed by atoms with Gasteiger partial charge in [-0.1, -0.05) is 122 Å². The minimum absolute atomic E-state index is 0.739. The fourth-order valence-corrected chi connectivity index (χ4v) is 9.55. The zero-order chi connectivity index (χ0) is 24.0. The van der Waals surface area contributed by atoms with Gasteiger partial charge in [-0.2, -0.15) is 0 Å². The average molecular weight is 485 g/mol. The van der Waals surface area contributed by atoms with Crippen molar-refractivity contribution >= 4 is 17.1 Å². The van der Waals surface area contributed by atoms with E-state index in [1.807, 2.05) is 11.4 Å². The fraction of sp³-hybridized carbons (Fsp3) is 0.852. The van der Waals surface area contributed by atoms with Crippen LogP contribution in [0.5, 0.6) is 0 Å². The van der Waals surface area contributed by atoms with Crippen LogP contribution < -0.4 is 0 Å². The predicted octanol–water partition coefficient (Wildman–Crippen LogP) is 9.30. The van der Waals surface area contributed by atoms with Gasteiger partial charge in [-0.25, -0.2) is 0 Å². The molecule has 0 aromatic carbocycles. The van der Waals surface area contributed by atoms with Crippen LogP contribution in [-0.2, 0) is 13.0 Å². The first kappa shape index (κ1) is 31.8. The van der Waals surface area contributed by atoms with Crippen LogP contribution in [0.2, 0.25) is 13.1 Å². The summed E-state index contributed by atoms with van der Waals surface area (Å²) < 4.78 is 18.7. The van der Waals surface area contributed by atoms with Gasteiger partial charge >= 0.3 is 17.1 Å². The average Bonchev–Trinajstić information content (AvgIpc) is 2.79. The van der Waals surface area contributed by atoms with E-state index in [1.54, 1.807) is 0 Å². The molecule has 0 aliphatic heterocycles. The van der Waals surface area contributed by atoms with Gasteiger partial charge in [-0.3, -0.25) is 0 Å². The minimum atomic E-state index is -2.42. The molecular weight excluding hydrogens is 428 g/mol. The lowest BCUT2D eigenvalue weighted by atomic mass is 10.0. The molecule has 0 amide bonds. The van der Waals surface area contributed by atoms with E-state index in [1.165, 1.54) is 96.3 Å². The van der Waals surface area contributed by atoms with Crippen LogP contribution >= 0.6 is 0 Å². The van der Waals surface area contributed by atoms with E-state index >= 15 is 0 Å². The molecule has 0 aliphatic rings. The maximum absolute atomic E-state index is 6.42. The zero-order valence-corrected chi connectivity index (χ0v) is 24.2. The maximum atomic E-state index is 6.42. The van der Waals surface area contributed by atoms with Crippen molar-refractivity contribution in [3.05, 3.63) is 24.6 Å². The molecule has 0 aromatic rings. The normalized spacial score (nSPS) is 15.2. The van der Waals surface area contributed by atoms with Gasteiger partial charge in [-0.05, 0) is 25.9 Å². The van der Waals surface area contributed by atoms with Crippen LogP contribution in [-0.4, -0.2) is 30.3 Å². The molecule has 0 aliphatic carbocycles. The summed E-state index contributed by atoms with van der Waals surface area (Å²) in [6.45, 7) is 18.1. The van der Waals surface area contributed by atoms with Crippen molar-refractivity contribution in [1.29, 1.82) is 0 Å². The van der Waals surface area contributed by atoms with Crippen LogP contribution in [0.1, 0.15) is 123 Å². The second-order valence-electron chi connectivity index (χ2n) is 9.54. The molecule has 0 rings (SSSR count). The van der Waals surface area contributed by atoms with Gasteiger partial charge in [0.2, 0.25) is 0 Å². The molecule has 2 atom stereocenters. The standard InChI is InChI=1S/C27H56O3Si2/c1-7-11-13-14-15-16-17-18-19-20-21-22-23-25-27-29-32(6,10-4)30-31(5,9-3)28-26-24-12-8-2/h9-10H,3-4,7-8,11-27H2,1-2,5-6H3. The molecule has 0 bridgehead atoms. The summed E-state index contributed by atoms with van der Waals surface area (Å²) in [6.07, 6.45) is 22.6. The number of rotatable bonds is 25. The van der Waals surface area contributed by atoms with Crippen molar-refractivity contribution in [2.75, 3.05) is 13.2 Å². The van der Waals surface area contributed by atoms with Gasteiger partial charge < -0.3 is 13.0 Å². The van der Waals surface area contributed by atoms with Gasteiger partial charge in [0.15, 0.2) is 0 Å². The highest BCUT2D eigenvalue weighted by Gasteiger charge is 2.39. The second kappa shape index (κ2) is 21.3. The van der Waals surface area contributed by atoms with E-state index in [0.717, 1.165) is 26.1 Å². The zero-order valence-electron chi connectivity index (χ0n) is 22.2. The molecule has 0 saturated carbocycles. The Morgan fingerprint density at radius 3 is 1.12 bits per heavy atom. The highest BCUT2D eigenvalue weighted by Crippen LogP contribution is 2.20. The first-order chi connectivity index (χ1) is 15.4. The molecule has 190 valence electrons. The topological polar surface area (TPSA) is 27.7 Å². The molecule has 0 N–H and O–H groups in total. The van der Waals surface area contributed by atoms with Crippen molar-refractivity contribution in [3.8, 4) is 0 Å². The third-order valence-electron chi connectivity index (χ3n) is 6.17. The van der Waals surface area contributed by atoms with Crippen LogP contribution in [0.25, 0.3) is 0 Å². The first-order valence-corrected chi connectivity index (χ1v) is 18.5. The monoisotopic (exact) mass is 484 g/mol. The lowest BCUT2D eigenvalue weighted by Crippen LogP contribution is -2.50. The molecule has 0 heterocycles. The van der Waals surface area contributed by atoms with E-state index < -0.39 is 17.1 Å². The minimum Gasteiger partial charge on any atom is -0.409 e. The molecule has 0 saturated heterocycles. The SMILES string of the molecule is C=C[Si](C)(OCCCCC)O[Si](C)(C=C)OCCCCCCCCCCCCCCCC. The van der Waals surface area contributed by atoms with Gasteiger partial charge in [0, 0.05) is 13.2 Å². The first-order valence-electron chi connectivity index (χ1n) is 13.7. The molecule has 0 radical (unpaired) electrons. The second-order valence-corrected chi connectivity index (χ2v) is 15.8. The Labute approximate surface area is 203 Å². The van der Waals surface area contributed by atoms with Crippen molar-refractivity contribution in [3.63, 3.8) is 0 Å². The van der Waals surface area contributed by atoms with E-state index in [4.69, 9.17) is 13.0 Å². The Bertz CT molecular complexity index is 447. The van der Waals surface area contributed by atoms with E-state index in [0.29, 0.717) is 0 Å². The Morgan fingerprint density at radius 1 is 0.500 bits per heavy atom. The summed E-state index contributed by atoms with van der Waals surface area (Å²) in [5.41, 5.74) is 3.77. The Balaban J connectivity index is 3.79. The molecule has 0 spiro atoms. The summed E-state index contributed by atoms with van der Waals surface area (Å²) in [6, 6.07) is 0. The largest absolute Gasteiger partial charge is 0.409 e. The molecule has 3 nitrogen and oxygen atoms in total. The van der Waals surface area contributed by atoms with Gasteiger partial charge in [-0.15, -0.1) is 13.2 Å². The van der Waals surface area contributed by atoms with E-state index in [9.17, 15) is 0 Å². The third kappa shape index (κ3) is 18.2. The Kier molecular flexibility index (Phi) is 21.2. The molecule has 5 heteroatoms. The number of hydrogen-bond donors (Lipinski definition) is 0. The smallest absolute Gasteiger partial charge is 0.352 e. The summed E-state index contributed by atoms with van der Waals surface area (Å²) in [5, 5.41) is 0.